The molecular weight excluding hydrogens is 352 g/mol. The topological polar surface area (TPSA) is 81.0 Å². The molecular formula is C16H13F2N3O3S. The van der Waals surface area contributed by atoms with Crippen molar-refractivity contribution in [1.82, 2.24) is 15.2 Å². The standard InChI is InChI=1S/C16H13F2N3O3S/c1-9(13(22)10-4-6-11(7-5-10)23-15(17)18)25-16-21-20-14(24-16)12-3-2-8-19-12/h2-9,15,19H,1H3. The van der Waals surface area contributed by atoms with Crippen molar-refractivity contribution < 1.29 is 22.7 Å². The number of benzene rings is 1. The molecule has 3 rings (SSSR count). The van der Waals surface area contributed by atoms with E-state index < -0.39 is 11.9 Å². The zero-order chi connectivity index (χ0) is 17.8. The molecule has 0 aliphatic heterocycles. The predicted octanol–water partition coefficient (Wildman–Crippen LogP) is 4.03. The van der Waals surface area contributed by atoms with E-state index in [9.17, 15) is 13.6 Å². The van der Waals surface area contributed by atoms with E-state index in [0.717, 1.165) is 11.8 Å². The minimum absolute atomic E-state index is 0.000605. The summed E-state index contributed by atoms with van der Waals surface area (Å²) < 4.78 is 34.0. The van der Waals surface area contributed by atoms with E-state index in [2.05, 4.69) is 19.9 Å². The number of carbonyl (C=O) groups is 1. The van der Waals surface area contributed by atoms with Gasteiger partial charge in [0.25, 0.3) is 11.1 Å². The number of ether oxygens (including phenoxy) is 1. The first-order valence-electron chi connectivity index (χ1n) is 7.26. The van der Waals surface area contributed by atoms with Crippen LogP contribution in [0.3, 0.4) is 0 Å². The van der Waals surface area contributed by atoms with Crippen LogP contribution < -0.4 is 4.74 Å². The molecule has 0 radical (unpaired) electrons. The highest BCUT2D eigenvalue weighted by molar-refractivity contribution is 8.00. The first kappa shape index (κ1) is 17.2. The molecule has 2 heterocycles. The molecule has 0 bridgehead atoms. The van der Waals surface area contributed by atoms with Crippen LogP contribution in [0.15, 0.2) is 52.2 Å². The van der Waals surface area contributed by atoms with Crippen molar-refractivity contribution in [3.63, 3.8) is 0 Å². The summed E-state index contributed by atoms with van der Waals surface area (Å²) in [5.41, 5.74) is 1.07. The number of hydrogen-bond donors (Lipinski definition) is 1. The first-order valence-corrected chi connectivity index (χ1v) is 8.14. The second-order valence-corrected chi connectivity index (χ2v) is 6.28. The number of ketones is 1. The Bertz CT molecular complexity index is 835. The van der Waals surface area contributed by atoms with Gasteiger partial charge in [-0.25, -0.2) is 0 Å². The van der Waals surface area contributed by atoms with Gasteiger partial charge in [0.05, 0.1) is 5.25 Å². The molecule has 3 aromatic rings. The van der Waals surface area contributed by atoms with Gasteiger partial charge in [-0.3, -0.25) is 4.79 Å². The fourth-order valence-corrected chi connectivity index (χ4v) is 2.83. The van der Waals surface area contributed by atoms with Crippen molar-refractivity contribution in [2.45, 2.75) is 24.0 Å². The van der Waals surface area contributed by atoms with Crippen molar-refractivity contribution in [2.75, 3.05) is 0 Å². The van der Waals surface area contributed by atoms with Crippen molar-refractivity contribution in [3.8, 4) is 17.3 Å². The van der Waals surface area contributed by atoms with Gasteiger partial charge in [-0.15, -0.1) is 10.2 Å². The van der Waals surface area contributed by atoms with E-state index in [1.165, 1.54) is 24.3 Å². The molecule has 1 N–H and O–H groups in total. The average Bonchev–Trinajstić information content (AvgIpc) is 3.25. The average molecular weight is 365 g/mol. The van der Waals surface area contributed by atoms with E-state index in [0.29, 0.717) is 17.1 Å². The molecule has 1 atom stereocenters. The number of nitrogens with zero attached hydrogens (tertiary/aromatic N) is 2. The van der Waals surface area contributed by atoms with Crippen molar-refractivity contribution >= 4 is 17.5 Å². The molecule has 0 amide bonds. The zero-order valence-electron chi connectivity index (χ0n) is 13.0. The summed E-state index contributed by atoms with van der Waals surface area (Å²) in [6.07, 6.45) is 1.74. The van der Waals surface area contributed by atoms with Crippen LogP contribution in [-0.4, -0.2) is 32.8 Å². The van der Waals surface area contributed by atoms with Crippen molar-refractivity contribution in [1.29, 1.82) is 0 Å². The molecule has 2 aromatic heterocycles. The Kier molecular flexibility index (Phi) is 5.13. The Morgan fingerprint density at radius 3 is 2.64 bits per heavy atom. The second kappa shape index (κ2) is 7.47. The highest BCUT2D eigenvalue weighted by Gasteiger charge is 2.20. The quantitative estimate of drug-likeness (QED) is 0.503. The monoisotopic (exact) mass is 365 g/mol. The van der Waals surface area contributed by atoms with Gasteiger partial charge in [0.15, 0.2) is 5.78 Å². The number of thioether (sulfide) groups is 1. The molecule has 1 aromatic carbocycles. The SMILES string of the molecule is CC(Sc1nnc(-c2ccc[nH]2)o1)C(=O)c1ccc(OC(F)F)cc1. The van der Waals surface area contributed by atoms with Crippen LogP contribution in [0, 0.1) is 0 Å². The van der Waals surface area contributed by atoms with Crippen LogP contribution >= 0.6 is 11.8 Å². The van der Waals surface area contributed by atoms with E-state index in [1.54, 1.807) is 25.3 Å². The molecule has 130 valence electrons. The fourth-order valence-electron chi connectivity index (χ4n) is 2.07. The van der Waals surface area contributed by atoms with Crippen molar-refractivity contribution in [3.05, 3.63) is 48.2 Å². The maximum atomic E-state index is 12.4. The number of aromatic amines is 1. The second-order valence-electron chi connectivity index (χ2n) is 4.98. The Hall–Kier alpha value is -2.68. The van der Waals surface area contributed by atoms with Gasteiger partial charge in [-0.1, -0.05) is 11.8 Å². The van der Waals surface area contributed by atoms with Gasteiger partial charge in [0.1, 0.15) is 11.4 Å². The largest absolute Gasteiger partial charge is 0.435 e. The molecule has 0 aliphatic rings. The van der Waals surface area contributed by atoms with Gasteiger partial charge < -0.3 is 14.1 Å². The highest BCUT2D eigenvalue weighted by Crippen LogP contribution is 2.27. The summed E-state index contributed by atoms with van der Waals surface area (Å²) >= 11 is 1.12. The van der Waals surface area contributed by atoms with E-state index in [4.69, 9.17) is 4.42 Å². The van der Waals surface area contributed by atoms with Crippen LogP contribution in [0.25, 0.3) is 11.6 Å². The first-order chi connectivity index (χ1) is 12.0. The minimum Gasteiger partial charge on any atom is -0.435 e. The lowest BCUT2D eigenvalue weighted by Gasteiger charge is -2.09. The summed E-state index contributed by atoms with van der Waals surface area (Å²) in [5.74, 6) is 0.146. The smallest absolute Gasteiger partial charge is 0.387 e. The molecule has 0 saturated heterocycles. The molecule has 9 heteroatoms. The molecule has 0 fully saturated rings. The Balaban J connectivity index is 1.64. The molecule has 25 heavy (non-hydrogen) atoms. The molecule has 1 unspecified atom stereocenters. The third kappa shape index (κ3) is 4.24. The summed E-state index contributed by atoms with van der Waals surface area (Å²) in [7, 11) is 0. The third-order valence-corrected chi connectivity index (χ3v) is 4.18. The fraction of sp³-hybridized carbons (Fsp3) is 0.188. The Labute approximate surface area is 145 Å². The number of Topliss-reactive ketones (excluding diaryl/α,β-unsaturated/α-hetero) is 1. The summed E-state index contributed by atoms with van der Waals surface area (Å²) in [6.45, 7) is -1.20. The lowest BCUT2D eigenvalue weighted by Crippen LogP contribution is -2.13. The van der Waals surface area contributed by atoms with Gasteiger partial charge in [0, 0.05) is 11.8 Å². The number of alkyl halides is 2. The molecule has 0 saturated carbocycles. The van der Waals surface area contributed by atoms with Crippen LogP contribution in [0.5, 0.6) is 5.75 Å². The molecule has 0 aliphatic carbocycles. The number of H-pyrrole nitrogens is 1. The Morgan fingerprint density at radius 1 is 1.24 bits per heavy atom. The Morgan fingerprint density at radius 2 is 2.00 bits per heavy atom. The van der Waals surface area contributed by atoms with Gasteiger partial charge >= 0.3 is 6.61 Å². The number of hydrogen-bond acceptors (Lipinski definition) is 6. The van der Waals surface area contributed by atoms with Crippen LogP contribution in [0.4, 0.5) is 8.78 Å². The minimum atomic E-state index is -2.90. The molecule has 0 spiro atoms. The number of rotatable bonds is 7. The van der Waals surface area contributed by atoms with Gasteiger partial charge in [0.2, 0.25) is 0 Å². The third-order valence-electron chi connectivity index (χ3n) is 3.25. The summed E-state index contributed by atoms with van der Waals surface area (Å²) in [5, 5.41) is 7.60. The van der Waals surface area contributed by atoms with Crippen molar-refractivity contribution in [2.24, 2.45) is 0 Å². The lowest BCUT2D eigenvalue weighted by molar-refractivity contribution is -0.0498. The van der Waals surface area contributed by atoms with Crippen LogP contribution in [0.1, 0.15) is 17.3 Å². The van der Waals surface area contributed by atoms with Gasteiger partial charge in [-0.05, 0) is 43.3 Å². The van der Waals surface area contributed by atoms with E-state index in [-0.39, 0.29) is 16.8 Å². The van der Waals surface area contributed by atoms with E-state index >= 15 is 0 Å². The predicted molar refractivity (Wildman–Crippen MR) is 86.8 cm³/mol. The zero-order valence-corrected chi connectivity index (χ0v) is 13.8. The normalized spacial score (nSPS) is 12.3. The molecule has 6 nitrogen and oxygen atoms in total. The number of nitrogens with one attached hydrogen (secondary N) is 1. The number of carbonyl (C=O) groups excluding carboxylic acids is 1. The highest BCUT2D eigenvalue weighted by atomic mass is 32.2. The number of halogens is 2. The lowest BCUT2D eigenvalue weighted by atomic mass is 10.1. The number of aromatic nitrogens is 3. The maximum absolute atomic E-state index is 12.4. The summed E-state index contributed by atoms with van der Waals surface area (Å²) in [4.78, 5) is 15.4. The maximum Gasteiger partial charge on any atom is 0.387 e. The summed E-state index contributed by atoms with van der Waals surface area (Å²) in [6, 6.07) is 9.13. The van der Waals surface area contributed by atoms with Crippen LogP contribution in [0.2, 0.25) is 0 Å². The van der Waals surface area contributed by atoms with Gasteiger partial charge in [-0.2, -0.15) is 8.78 Å². The van der Waals surface area contributed by atoms with E-state index in [1.807, 2.05) is 0 Å². The van der Waals surface area contributed by atoms with Crippen LogP contribution in [-0.2, 0) is 0 Å².